The van der Waals surface area contributed by atoms with Crippen LogP contribution in [0.5, 0.6) is 0 Å². The highest BCUT2D eigenvalue weighted by Crippen LogP contribution is 2.36. The van der Waals surface area contributed by atoms with Crippen LogP contribution in [0.3, 0.4) is 0 Å². The zero-order chi connectivity index (χ0) is 12.1. The van der Waals surface area contributed by atoms with Gasteiger partial charge in [0.2, 0.25) is 0 Å². The summed E-state index contributed by atoms with van der Waals surface area (Å²) in [6.07, 6.45) is 0. The molecular formula is C15H14S2. The van der Waals surface area contributed by atoms with Gasteiger partial charge in [0.1, 0.15) is 0 Å². The molecule has 0 heterocycles. The van der Waals surface area contributed by atoms with Gasteiger partial charge >= 0.3 is 0 Å². The molecule has 0 amide bonds. The third-order valence-electron chi connectivity index (χ3n) is 2.67. The summed E-state index contributed by atoms with van der Waals surface area (Å²) < 4.78 is 0. The molecule has 0 radical (unpaired) electrons. The van der Waals surface area contributed by atoms with E-state index in [1.54, 1.807) is 0 Å². The first-order valence-corrected chi connectivity index (χ1v) is 7.33. The molecule has 2 aromatic rings. The Morgan fingerprint density at radius 1 is 0.824 bits per heavy atom. The first-order valence-electron chi connectivity index (χ1n) is 5.46. The molecule has 0 saturated carbocycles. The van der Waals surface area contributed by atoms with Gasteiger partial charge in [0.15, 0.2) is 0 Å². The number of thiol groups is 1. The van der Waals surface area contributed by atoms with Crippen molar-refractivity contribution in [2.24, 2.45) is 0 Å². The smallest absolute Gasteiger partial charge is 0.0287 e. The minimum atomic E-state index is 1.21. The van der Waals surface area contributed by atoms with Gasteiger partial charge in [-0.15, -0.1) is 11.7 Å². The topological polar surface area (TPSA) is 0 Å². The van der Waals surface area contributed by atoms with Crippen LogP contribution in [-0.4, -0.2) is 0 Å². The van der Waals surface area contributed by atoms with Crippen molar-refractivity contribution in [1.29, 1.82) is 0 Å². The van der Waals surface area contributed by atoms with Crippen LogP contribution in [0, 0.1) is 0 Å². The average Bonchev–Trinajstić information content (AvgIpc) is 2.42. The van der Waals surface area contributed by atoms with E-state index in [1.165, 1.54) is 32.4 Å². The minimum absolute atomic E-state index is 1.21. The standard InChI is InChI=1S/C15H14S2/c1-12(13-8-4-2-5-9-13)15(17-16)14-10-6-3-7-11-14/h2-11,16H,1H3. The summed E-state index contributed by atoms with van der Waals surface area (Å²) in [5.74, 6) is 0. The maximum absolute atomic E-state index is 4.38. The molecule has 2 heteroatoms. The quantitative estimate of drug-likeness (QED) is 0.451. The third-order valence-corrected chi connectivity index (χ3v) is 3.95. The molecule has 86 valence electrons. The van der Waals surface area contributed by atoms with Crippen LogP contribution < -0.4 is 0 Å². The van der Waals surface area contributed by atoms with Gasteiger partial charge < -0.3 is 0 Å². The molecule has 2 rings (SSSR count). The third kappa shape index (κ3) is 2.96. The van der Waals surface area contributed by atoms with Crippen LogP contribution in [0.15, 0.2) is 60.7 Å². The summed E-state index contributed by atoms with van der Waals surface area (Å²) in [6, 6.07) is 20.8. The largest absolute Gasteiger partial charge is 0.106 e. The fourth-order valence-corrected chi connectivity index (χ4v) is 2.97. The SMILES string of the molecule is CC(=C(SS)c1ccccc1)c1ccccc1. The second-order valence-corrected chi connectivity index (χ2v) is 4.92. The van der Waals surface area contributed by atoms with Crippen LogP contribution in [0.4, 0.5) is 0 Å². The van der Waals surface area contributed by atoms with E-state index in [0.29, 0.717) is 0 Å². The predicted octanol–water partition coefficient (Wildman–Crippen LogP) is 5.15. The average molecular weight is 258 g/mol. The van der Waals surface area contributed by atoms with Crippen LogP contribution >= 0.6 is 22.5 Å². The summed E-state index contributed by atoms with van der Waals surface area (Å²) in [5.41, 5.74) is 3.72. The first-order chi connectivity index (χ1) is 8.33. The number of allylic oxidation sites excluding steroid dienone is 1. The summed E-state index contributed by atoms with van der Waals surface area (Å²) in [4.78, 5) is 1.21. The first kappa shape index (κ1) is 12.3. The molecule has 0 nitrogen and oxygen atoms in total. The van der Waals surface area contributed by atoms with Crippen molar-refractivity contribution in [3.63, 3.8) is 0 Å². The van der Waals surface area contributed by atoms with Crippen molar-refractivity contribution in [2.45, 2.75) is 6.92 Å². The summed E-state index contributed by atoms with van der Waals surface area (Å²) in [6.45, 7) is 2.14. The Labute approximate surface area is 112 Å². The van der Waals surface area contributed by atoms with E-state index in [0.717, 1.165) is 0 Å². The number of hydrogen-bond acceptors (Lipinski definition) is 2. The molecule has 0 aliphatic rings. The van der Waals surface area contributed by atoms with E-state index in [-0.39, 0.29) is 0 Å². The van der Waals surface area contributed by atoms with Crippen molar-refractivity contribution in [1.82, 2.24) is 0 Å². The molecule has 0 saturated heterocycles. The Hall–Kier alpha value is -1.12. The van der Waals surface area contributed by atoms with Gasteiger partial charge in [-0.3, -0.25) is 0 Å². The van der Waals surface area contributed by atoms with Crippen molar-refractivity contribution in [3.8, 4) is 0 Å². The van der Waals surface area contributed by atoms with E-state index < -0.39 is 0 Å². The minimum Gasteiger partial charge on any atom is -0.106 e. The predicted molar refractivity (Wildman–Crippen MR) is 81.9 cm³/mol. The maximum Gasteiger partial charge on any atom is 0.0287 e. The lowest BCUT2D eigenvalue weighted by atomic mass is 10.0. The lowest BCUT2D eigenvalue weighted by Crippen LogP contribution is -1.84. The van der Waals surface area contributed by atoms with Gasteiger partial charge in [0.05, 0.1) is 0 Å². The van der Waals surface area contributed by atoms with Gasteiger partial charge in [-0.1, -0.05) is 71.5 Å². The highest BCUT2D eigenvalue weighted by molar-refractivity contribution is 8.72. The highest BCUT2D eigenvalue weighted by atomic mass is 33.1. The van der Waals surface area contributed by atoms with Crippen molar-refractivity contribution >= 4 is 32.9 Å². The highest BCUT2D eigenvalue weighted by Gasteiger charge is 2.06. The van der Waals surface area contributed by atoms with Crippen LogP contribution in [0.25, 0.3) is 10.5 Å². The van der Waals surface area contributed by atoms with Crippen molar-refractivity contribution in [2.75, 3.05) is 0 Å². The molecule has 0 N–H and O–H groups in total. The fraction of sp³-hybridized carbons (Fsp3) is 0.0667. The van der Waals surface area contributed by atoms with Crippen LogP contribution in [-0.2, 0) is 0 Å². The number of rotatable bonds is 3. The lowest BCUT2D eigenvalue weighted by Gasteiger charge is -2.09. The van der Waals surface area contributed by atoms with E-state index in [4.69, 9.17) is 0 Å². The Morgan fingerprint density at radius 3 is 1.76 bits per heavy atom. The normalized spacial score (nSPS) is 12.1. The van der Waals surface area contributed by atoms with Gasteiger partial charge in [0, 0.05) is 4.91 Å². The molecular weight excluding hydrogens is 244 g/mol. The Morgan fingerprint density at radius 2 is 1.29 bits per heavy atom. The monoisotopic (exact) mass is 258 g/mol. The molecule has 0 fully saturated rings. The van der Waals surface area contributed by atoms with Crippen LogP contribution in [0.1, 0.15) is 18.1 Å². The summed E-state index contributed by atoms with van der Waals surface area (Å²) in [5, 5.41) is 0. The number of hydrogen-bond donors (Lipinski definition) is 1. The zero-order valence-corrected chi connectivity index (χ0v) is 11.3. The molecule has 0 aliphatic carbocycles. The summed E-state index contributed by atoms with van der Waals surface area (Å²) >= 11 is 4.38. The second kappa shape index (κ2) is 5.99. The summed E-state index contributed by atoms with van der Waals surface area (Å²) in [7, 11) is 1.50. The van der Waals surface area contributed by atoms with Crippen molar-refractivity contribution < 1.29 is 0 Å². The van der Waals surface area contributed by atoms with Gasteiger partial charge in [-0.05, 0) is 23.6 Å². The van der Waals surface area contributed by atoms with Crippen LogP contribution in [0.2, 0.25) is 0 Å². The van der Waals surface area contributed by atoms with E-state index in [9.17, 15) is 0 Å². The molecule has 0 aliphatic heterocycles. The zero-order valence-electron chi connectivity index (χ0n) is 9.63. The Kier molecular flexibility index (Phi) is 4.35. The van der Waals surface area contributed by atoms with Gasteiger partial charge in [0.25, 0.3) is 0 Å². The molecule has 0 unspecified atom stereocenters. The van der Waals surface area contributed by atoms with E-state index in [1.807, 2.05) is 12.1 Å². The molecule has 0 bridgehead atoms. The Bertz CT molecular complexity index is 501. The lowest BCUT2D eigenvalue weighted by molar-refractivity contribution is 1.57. The molecule has 2 aromatic carbocycles. The molecule has 0 spiro atoms. The second-order valence-electron chi connectivity index (χ2n) is 3.78. The number of benzene rings is 2. The van der Waals surface area contributed by atoms with Crippen molar-refractivity contribution in [3.05, 3.63) is 71.8 Å². The van der Waals surface area contributed by atoms with E-state index >= 15 is 0 Å². The maximum atomic E-state index is 4.38. The van der Waals surface area contributed by atoms with E-state index in [2.05, 4.69) is 67.1 Å². The molecule has 0 aromatic heterocycles. The Balaban J connectivity index is 2.48. The van der Waals surface area contributed by atoms with Gasteiger partial charge in [-0.25, -0.2) is 0 Å². The molecule has 0 atom stereocenters. The van der Waals surface area contributed by atoms with Gasteiger partial charge in [-0.2, -0.15) is 0 Å². The molecule has 17 heavy (non-hydrogen) atoms. The fourth-order valence-electron chi connectivity index (χ4n) is 1.75.